The predicted molar refractivity (Wildman–Crippen MR) is 52.5 cm³/mol. The first-order chi connectivity index (χ1) is 6.90. The maximum atomic E-state index is 9.14. The molecule has 4 heteroatoms. The standard InChI is InChI=1S/C10H15N3O/c14-7-10-2-1-5-13(10)6-9-3-4-11-8-12-9/h3-4,8,10,14H,1-2,5-7H2. The van der Waals surface area contributed by atoms with Crippen LogP contribution in [0.5, 0.6) is 0 Å². The average molecular weight is 193 g/mol. The van der Waals surface area contributed by atoms with Gasteiger partial charge in [0.2, 0.25) is 0 Å². The van der Waals surface area contributed by atoms with Gasteiger partial charge in [-0.25, -0.2) is 9.97 Å². The Bertz CT molecular complexity index is 278. The molecule has 1 atom stereocenters. The van der Waals surface area contributed by atoms with Crippen molar-refractivity contribution < 1.29 is 5.11 Å². The van der Waals surface area contributed by atoms with E-state index in [-0.39, 0.29) is 6.61 Å². The molecule has 1 unspecified atom stereocenters. The fourth-order valence-corrected chi connectivity index (χ4v) is 1.93. The zero-order chi connectivity index (χ0) is 9.80. The van der Waals surface area contributed by atoms with E-state index >= 15 is 0 Å². The van der Waals surface area contributed by atoms with Crippen LogP contribution in [0.25, 0.3) is 0 Å². The first-order valence-electron chi connectivity index (χ1n) is 5.00. The molecule has 2 rings (SSSR count). The van der Waals surface area contributed by atoms with E-state index in [1.807, 2.05) is 6.07 Å². The van der Waals surface area contributed by atoms with Gasteiger partial charge in [-0.3, -0.25) is 4.90 Å². The van der Waals surface area contributed by atoms with E-state index in [1.165, 1.54) is 6.42 Å². The molecule has 0 spiro atoms. The quantitative estimate of drug-likeness (QED) is 0.756. The van der Waals surface area contributed by atoms with Crippen LogP contribution in [0.4, 0.5) is 0 Å². The number of aliphatic hydroxyl groups excluding tert-OH is 1. The van der Waals surface area contributed by atoms with Crippen LogP contribution in [-0.2, 0) is 6.54 Å². The zero-order valence-electron chi connectivity index (χ0n) is 8.13. The zero-order valence-corrected chi connectivity index (χ0v) is 8.13. The SMILES string of the molecule is OCC1CCCN1Cc1ccncn1. The number of aromatic nitrogens is 2. The molecule has 1 aromatic heterocycles. The summed E-state index contributed by atoms with van der Waals surface area (Å²) in [7, 11) is 0. The van der Waals surface area contributed by atoms with Crippen LogP contribution in [0.1, 0.15) is 18.5 Å². The van der Waals surface area contributed by atoms with E-state index in [4.69, 9.17) is 5.11 Å². The van der Waals surface area contributed by atoms with Crippen molar-refractivity contribution in [3.05, 3.63) is 24.3 Å². The molecule has 1 N–H and O–H groups in total. The summed E-state index contributed by atoms with van der Waals surface area (Å²) in [5, 5.41) is 9.14. The van der Waals surface area contributed by atoms with Crippen molar-refractivity contribution >= 4 is 0 Å². The van der Waals surface area contributed by atoms with E-state index in [0.29, 0.717) is 6.04 Å². The highest BCUT2D eigenvalue weighted by Crippen LogP contribution is 2.18. The number of aliphatic hydroxyl groups is 1. The first kappa shape index (κ1) is 9.55. The maximum absolute atomic E-state index is 9.14. The predicted octanol–water partition coefficient (Wildman–Crippen LogP) is 0.433. The minimum atomic E-state index is 0.255. The number of hydrogen-bond acceptors (Lipinski definition) is 4. The topological polar surface area (TPSA) is 49.2 Å². The molecule has 1 aliphatic rings. The molecule has 2 heterocycles. The van der Waals surface area contributed by atoms with Crippen LogP contribution in [0.3, 0.4) is 0 Å². The van der Waals surface area contributed by atoms with Gasteiger partial charge in [0, 0.05) is 18.8 Å². The van der Waals surface area contributed by atoms with Crippen molar-refractivity contribution in [1.29, 1.82) is 0 Å². The lowest BCUT2D eigenvalue weighted by Crippen LogP contribution is -2.31. The molecule has 1 aromatic rings. The minimum Gasteiger partial charge on any atom is -0.395 e. The lowest BCUT2D eigenvalue weighted by atomic mass is 10.2. The van der Waals surface area contributed by atoms with Crippen LogP contribution in [-0.4, -0.2) is 39.2 Å². The molecular weight excluding hydrogens is 178 g/mol. The highest BCUT2D eigenvalue weighted by molar-refractivity contribution is 4.98. The Hall–Kier alpha value is -1.00. The van der Waals surface area contributed by atoms with E-state index in [2.05, 4.69) is 14.9 Å². The highest BCUT2D eigenvalue weighted by atomic mass is 16.3. The molecule has 76 valence electrons. The smallest absolute Gasteiger partial charge is 0.115 e. The van der Waals surface area contributed by atoms with Gasteiger partial charge in [-0.2, -0.15) is 0 Å². The van der Waals surface area contributed by atoms with Crippen molar-refractivity contribution in [3.63, 3.8) is 0 Å². The molecule has 14 heavy (non-hydrogen) atoms. The van der Waals surface area contributed by atoms with Gasteiger partial charge < -0.3 is 5.11 Å². The molecule has 0 saturated carbocycles. The Morgan fingerprint density at radius 2 is 2.50 bits per heavy atom. The third-order valence-electron chi connectivity index (χ3n) is 2.72. The maximum Gasteiger partial charge on any atom is 0.115 e. The van der Waals surface area contributed by atoms with Gasteiger partial charge in [0.15, 0.2) is 0 Å². The van der Waals surface area contributed by atoms with Crippen molar-refractivity contribution in [3.8, 4) is 0 Å². The van der Waals surface area contributed by atoms with Crippen molar-refractivity contribution in [2.24, 2.45) is 0 Å². The van der Waals surface area contributed by atoms with E-state index in [9.17, 15) is 0 Å². The minimum absolute atomic E-state index is 0.255. The first-order valence-corrected chi connectivity index (χ1v) is 5.00. The second-order valence-electron chi connectivity index (χ2n) is 3.65. The molecule has 0 aromatic carbocycles. The van der Waals surface area contributed by atoms with Gasteiger partial charge in [0.1, 0.15) is 6.33 Å². The summed E-state index contributed by atoms with van der Waals surface area (Å²) in [6.07, 6.45) is 5.60. The summed E-state index contributed by atoms with van der Waals surface area (Å²) in [6, 6.07) is 2.25. The van der Waals surface area contributed by atoms with Crippen LogP contribution >= 0.6 is 0 Å². The summed E-state index contributed by atoms with van der Waals surface area (Å²) in [5.41, 5.74) is 1.03. The Kier molecular flexibility index (Phi) is 3.06. The molecule has 0 radical (unpaired) electrons. The van der Waals surface area contributed by atoms with Crippen LogP contribution in [0, 0.1) is 0 Å². The fourth-order valence-electron chi connectivity index (χ4n) is 1.93. The summed E-state index contributed by atoms with van der Waals surface area (Å²) < 4.78 is 0. The molecule has 0 aliphatic carbocycles. The highest BCUT2D eigenvalue weighted by Gasteiger charge is 2.23. The second-order valence-corrected chi connectivity index (χ2v) is 3.65. The Balaban J connectivity index is 1.97. The normalized spacial score (nSPS) is 22.8. The molecule has 0 bridgehead atoms. The van der Waals surface area contributed by atoms with Gasteiger partial charge in [0.05, 0.1) is 12.3 Å². The van der Waals surface area contributed by atoms with E-state index < -0.39 is 0 Å². The second kappa shape index (κ2) is 4.48. The molecule has 1 saturated heterocycles. The van der Waals surface area contributed by atoms with Crippen LogP contribution in [0.2, 0.25) is 0 Å². The molecule has 0 amide bonds. The third kappa shape index (κ3) is 2.08. The number of rotatable bonds is 3. The number of hydrogen-bond donors (Lipinski definition) is 1. The Morgan fingerprint density at radius 3 is 3.21 bits per heavy atom. The van der Waals surface area contributed by atoms with Gasteiger partial charge in [0.25, 0.3) is 0 Å². The van der Waals surface area contributed by atoms with Crippen molar-refractivity contribution in [1.82, 2.24) is 14.9 Å². The van der Waals surface area contributed by atoms with E-state index in [1.54, 1.807) is 12.5 Å². The van der Waals surface area contributed by atoms with Gasteiger partial charge >= 0.3 is 0 Å². The molecule has 1 fully saturated rings. The molecular formula is C10H15N3O. The Labute approximate surface area is 83.6 Å². The summed E-state index contributed by atoms with van der Waals surface area (Å²) in [5.74, 6) is 0. The average Bonchev–Trinajstić information content (AvgIpc) is 2.67. The fraction of sp³-hybridized carbons (Fsp3) is 0.600. The van der Waals surface area contributed by atoms with Gasteiger partial charge in [-0.05, 0) is 25.5 Å². The van der Waals surface area contributed by atoms with Crippen LogP contribution in [0.15, 0.2) is 18.6 Å². The third-order valence-corrected chi connectivity index (χ3v) is 2.72. The van der Waals surface area contributed by atoms with Gasteiger partial charge in [-0.1, -0.05) is 0 Å². The largest absolute Gasteiger partial charge is 0.395 e. The summed E-state index contributed by atoms with van der Waals surface area (Å²) in [6.45, 7) is 2.15. The monoisotopic (exact) mass is 193 g/mol. The number of nitrogens with zero attached hydrogens (tertiary/aromatic N) is 3. The molecule has 4 nitrogen and oxygen atoms in total. The summed E-state index contributed by atoms with van der Waals surface area (Å²) >= 11 is 0. The lowest BCUT2D eigenvalue weighted by Gasteiger charge is -2.21. The van der Waals surface area contributed by atoms with Crippen molar-refractivity contribution in [2.45, 2.75) is 25.4 Å². The van der Waals surface area contributed by atoms with Crippen molar-refractivity contribution in [2.75, 3.05) is 13.2 Å². The number of likely N-dealkylation sites (tertiary alicyclic amines) is 1. The molecule has 1 aliphatic heterocycles. The van der Waals surface area contributed by atoms with E-state index in [0.717, 1.165) is 25.2 Å². The van der Waals surface area contributed by atoms with Crippen LogP contribution < -0.4 is 0 Å². The Morgan fingerprint density at radius 1 is 1.57 bits per heavy atom. The lowest BCUT2D eigenvalue weighted by molar-refractivity contribution is 0.152. The van der Waals surface area contributed by atoms with Gasteiger partial charge in [-0.15, -0.1) is 0 Å². The summed E-state index contributed by atoms with van der Waals surface area (Å²) in [4.78, 5) is 10.3.